The summed E-state index contributed by atoms with van der Waals surface area (Å²) in [5, 5.41) is 16.2. The Bertz CT molecular complexity index is 1970. The summed E-state index contributed by atoms with van der Waals surface area (Å²) >= 11 is 6.11. The van der Waals surface area contributed by atoms with Crippen LogP contribution in [0.2, 0.25) is 5.02 Å². The Morgan fingerprint density at radius 2 is 1.78 bits per heavy atom. The van der Waals surface area contributed by atoms with Gasteiger partial charge in [-0.1, -0.05) is 54.1 Å². The number of aromatic hydroxyl groups is 1. The van der Waals surface area contributed by atoms with Crippen LogP contribution >= 0.6 is 11.6 Å². The lowest BCUT2D eigenvalue weighted by molar-refractivity contribution is -0.140. The number of fused-ring (bicyclic) bond motifs is 4. The van der Waals surface area contributed by atoms with Crippen molar-refractivity contribution in [3.8, 4) is 23.0 Å². The number of halogens is 1. The van der Waals surface area contributed by atoms with E-state index in [1.165, 1.54) is 20.1 Å². The second kappa shape index (κ2) is 11.4. The zero-order valence-electron chi connectivity index (χ0n) is 24.6. The first kappa shape index (κ1) is 29.9. The highest BCUT2D eigenvalue weighted by molar-refractivity contribution is 6.30. The number of methoxy groups -OCH3 is 1. The Hall–Kier alpha value is -5.15. The van der Waals surface area contributed by atoms with Gasteiger partial charge >= 0.3 is 0 Å². The number of carbonyl (C=O) groups excluding carboxylic acids is 4. The van der Waals surface area contributed by atoms with E-state index in [0.717, 1.165) is 34.9 Å². The summed E-state index contributed by atoms with van der Waals surface area (Å²) in [6.45, 7) is 3.05. The molecule has 45 heavy (non-hydrogen) atoms. The van der Waals surface area contributed by atoms with Gasteiger partial charge in [-0.05, 0) is 48.6 Å². The lowest BCUT2D eigenvalue weighted by Gasteiger charge is -2.30. The number of ether oxygens (including phenoxy) is 3. The highest BCUT2D eigenvalue weighted by atomic mass is 35.5. The predicted octanol–water partition coefficient (Wildman–Crippen LogP) is 5.61. The van der Waals surface area contributed by atoms with Gasteiger partial charge in [0.25, 0.3) is 5.91 Å². The quantitative estimate of drug-likeness (QED) is 0.242. The highest BCUT2D eigenvalue weighted by Crippen LogP contribution is 2.56. The fourth-order valence-corrected chi connectivity index (χ4v) is 6.23. The maximum atomic E-state index is 13.8. The number of allylic oxidation sites excluding steroid dienone is 2. The second-order valence-corrected chi connectivity index (χ2v) is 11.5. The molecule has 1 heterocycles. The molecule has 0 fully saturated rings. The first-order chi connectivity index (χ1) is 21.5. The van der Waals surface area contributed by atoms with Crippen LogP contribution in [0.1, 0.15) is 40.9 Å². The van der Waals surface area contributed by atoms with E-state index in [1.54, 1.807) is 6.07 Å². The van der Waals surface area contributed by atoms with Crippen molar-refractivity contribution in [2.45, 2.75) is 32.4 Å². The van der Waals surface area contributed by atoms with E-state index in [2.05, 4.69) is 5.32 Å². The molecular formula is C35H28ClNO8. The van der Waals surface area contributed by atoms with Gasteiger partial charge in [0, 0.05) is 29.1 Å². The second-order valence-electron chi connectivity index (χ2n) is 11.1. The van der Waals surface area contributed by atoms with Gasteiger partial charge in [0.05, 0.1) is 12.7 Å². The normalized spacial score (nSPS) is 18.5. The van der Waals surface area contributed by atoms with E-state index in [0.29, 0.717) is 17.4 Å². The van der Waals surface area contributed by atoms with E-state index in [9.17, 15) is 24.3 Å². The van der Waals surface area contributed by atoms with Crippen LogP contribution in [-0.4, -0.2) is 35.5 Å². The molecule has 4 aromatic carbocycles. The Labute approximate surface area is 263 Å². The molecule has 10 heteroatoms. The summed E-state index contributed by atoms with van der Waals surface area (Å²) in [7, 11) is 1.33. The van der Waals surface area contributed by atoms with Gasteiger partial charge in [-0.3, -0.25) is 19.2 Å². The fourth-order valence-electron chi connectivity index (χ4n) is 6.02. The van der Waals surface area contributed by atoms with Crippen molar-refractivity contribution in [2.75, 3.05) is 7.11 Å². The molecule has 0 radical (unpaired) electrons. The topological polar surface area (TPSA) is 128 Å². The zero-order valence-corrected chi connectivity index (χ0v) is 25.4. The number of Topliss-reactive ketones (excluding diaryl/α,β-unsaturated/α-hetero) is 2. The lowest BCUT2D eigenvalue weighted by atomic mass is 9.67. The average molecular weight is 626 g/mol. The van der Waals surface area contributed by atoms with Crippen LogP contribution in [0.4, 0.5) is 0 Å². The zero-order chi connectivity index (χ0) is 32.0. The van der Waals surface area contributed by atoms with Crippen LogP contribution in [0.15, 0.2) is 78.6 Å². The molecule has 0 saturated carbocycles. The number of phenolic OH excluding ortho intramolecular Hbond substituents is 1. The Kier molecular flexibility index (Phi) is 7.58. The third kappa shape index (κ3) is 4.99. The molecule has 2 atom stereocenters. The van der Waals surface area contributed by atoms with E-state index < -0.39 is 34.6 Å². The highest BCUT2D eigenvalue weighted by Gasteiger charge is 2.58. The molecule has 1 aliphatic carbocycles. The summed E-state index contributed by atoms with van der Waals surface area (Å²) in [6, 6.07) is 20.0. The SMILES string of the molecule is COc1cc(O)c2c(c1C(=O)NCc1ccc(OCc3cccc(Cl)c3)c3ccccc13)OC1=CC(=O)C(C(C)=O)C(=O)[C@]12C. The van der Waals surface area contributed by atoms with Gasteiger partial charge in [-0.15, -0.1) is 0 Å². The molecule has 1 aliphatic heterocycles. The smallest absolute Gasteiger partial charge is 0.259 e. The molecule has 1 amide bonds. The summed E-state index contributed by atoms with van der Waals surface area (Å²) < 4.78 is 17.5. The predicted molar refractivity (Wildman–Crippen MR) is 166 cm³/mol. The van der Waals surface area contributed by atoms with Crippen molar-refractivity contribution in [1.82, 2.24) is 5.32 Å². The van der Waals surface area contributed by atoms with Crippen LogP contribution in [-0.2, 0) is 33.0 Å². The van der Waals surface area contributed by atoms with Gasteiger partial charge in [-0.2, -0.15) is 0 Å². The molecule has 0 spiro atoms. The molecule has 4 aromatic rings. The first-order valence-corrected chi connectivity index (χ1v) is 14.5. The molecule has 0 saturated heterocycles. The summed E-state index contributed by atoms with van der Waals surface area (Å²) in [6.07, 6.45) is 1.09. The molecule has 1 unspecified atom stereocenters. The van der Waals surface area contributed by atoms with Gasteiger partial charge in [0.2, 0.25) is 0 Å². The third-order valence-corrected chi connectivity index (χ3v) is 8.53. The minimum atomic E-state index is -1.65. The molecule has 0 bridgehead atoms. The Morgan fingerprint density at radius 3 is 2.49 bits per heavy atom. The maximum absolute atomic E-state index is 13.8. The van der Waals surface area contributed by atoms with Crippen molar-refractivity contribution in [3.05, 3.63) is 106 Å². The molecule has 2 N–H and O–H groups in total. The molecular weight excluding hydrogens is 598 g/mol. The molecule has 9 nitrogen and oxygen atoms in total. The third-order valence-electron chi connectivity index (χ3n) is 8.29. The maximum Gasteiger partial charge on any atom is 0.259 e. The van der Waals surface area contributed by atoms with Crippen LogP contribution in [0.3, 0.4) is 0 Å². The van der Waals surface area contributed by atoms with Crippen LogP contribution in [0, 0.1) is 5.92 Å². The minimum absolute atomic E-state index is 0.00288. The van der Waals surface area contributed by atoms with E-state index in [-0.39, 0.29) is 40.7 Å². The van der Waals surface area contributed by atoms with E-state index >= 15 is 0 Å². The van der Waals surface area contributed by atoms with E-state index in [4.69, 9.17) is 25.8 Å². The van der Waals surface area contributed by atoms with Gasteiger partial charge in [0.1, 0.15) is 52.3 Å². The van der Waals surface area contributed by atoms with Gasteiger partial charge in [-0.25, -0.2) is 0 Å². The molecule has 0 aromatic heterocycles. The van der Waals surface area contributed by atoms with Crippen LogP contribution < -0.4 is 19.5 Å². The molecule has 228 valence electrons. The summed E-state index contributed by atoms with van der Waals surface area (Å²) in [5.41, 5.74) is 0.00945. The van der Waals surface area contributed by atoms with Gasteiger partial charge < -0.3 is 24.6 Å². The lowest BCUT2D eigenvalue weighted by Crippen LogP contribution is -2.47. The number of hydrogen-bond acceptors (Lipinski definition) is 8. The standard InChI is InChI=1S/C35H28ClNO8/c1-18(38)29-24(39)15-28-35(2,33(29)41)31-25(40)14-27(43-3)30(32(31)45-28)34(42)37-16-20-11-12-26(23-10-5-4-9-22(20)23)44-17-19-7-6-8-21(36)13-19/h4-15,29,40H,16-17H2,1-3H3,(H,37,42)/t29?,35-/m1/s1. The number of hydrogen-bond donors (Lipinski definition) is 2. The molecule has 6 rings (SSSR count). The number of amides is 1. The molecule has 2 aliphatic rings. The van der Waals surface area contributed by atoms with Gasteiger partial charge in [0.15, 0.2) is 17.3 Å². The van der Waals surface area contributed by atoms with Crippen molar-refractivity contribution < 1.29 is 38.5 Å². The number of phenols is 1. The number of rotatable bonds is 8. The Morgan fingerprint density at radius 1 is 1.02 bits per heavy atom. The summed E-state index contributed by atoms with van der Waals surface area (Å²) in [4.78, 5) is 52.1. The number of benzene rings is 4. The Balaban J connectivity index is 1.31. The number of nitrogens with one attached hydrogen (secondary N) is 1. The van der Waals surface area contributed by atoms with Crippen molar-refractivity contribution in [1.29, 1.82) is 0 Å². The van der Waals surface area contributed by atoms with Crippen LogP contribution in [0.5, 0.6) is 23.0 Å². The first-order valence-electron chi connectivity index (χ1n) is 14.1. The van der Waals surface area contributed by atoms with Crippen molar-refractivity contribution in [2.24, 2.45) is 5.92 Å². The van der Waals surface area contributed by atoms with Crippen molar-refractivity contribution >= 4 is 45.6 Å². The largest absolute Gasteiger partial charge is 0.507 e. The van der Waals surface area contributed by atoms with Crippen molar-refractivity contribution in [3.63, 3.8) is 0 Å². The van der Waals surface area contributed by atoms with Crippen LogP contribution in [0.25, 0.3) is 10.8 Å². The minimum Gasteiger partial charge on any atom is -0.507 e. The number of ketones is 3. The van der Waals surface area contributed by atoms with E-state index in [1.807, 2.05) is 54.6 Å². The monoisotopic (exact) mass is 625 g/mol. The average Bonchev–Trinajstić information content (AvgIpc) is 3.32. The number of carbonyl (C=O) groups is 4. The summed E-state index contributed by atoms with van der Waals surface area (Å²) in [5.74, 6) is -4.06. The fraction of sp³-hybridized carbons (Fsp3) is 0.200.